The molecular weight excluding hydrogens is 334 g/mol. The SMILES string of the molecule is C[C@@H]1[C@H](C)CCC[C@H]1NC(=O)[C@@H](C)Sc1nnnn1-c1ccccc1. The number of nitrogens with zero attached hydrogens (tertiary/aromatic N) is 4. The van der Waals surface area contributed by atoms with Crippen molar-refractivity contribution < 1.29 is 4.79 Å². The first kappa shape index (κ1) is 17.9. The van der Waals surface area contributed by atoms with Crippen LogP contribution in [0.25, 0.3) is 5.69 Å². The number of hydrogen-bond acceptors (Lipinski definition) is 5. The van der Waals surface area contributed by atoms with Gasteiger partial charge in [-0.25, -0.2) is 0 Å². The molecule has 1 aliphatic carbocycles. The second kappa shape index (κ2) is 7.99. The third-order valence-corrected chi connectivity index (χ3v) is 6.16. The van der Waals surface area contributed by atoms with Crippen LogP contribution in [0.4, 0.5) is 0 Å². The largest absolute Gasteiger partial charge is 0.352 e. The van der Waals surface area contributed by atoms with Gasteiger partial charge in [0, 0.05) is 6.04 Å². The van der Waals surface area contributed by atoms with Crippen molar-refractivity contribution in [1.29, 1.82) is 0 Å². The van der Waals surface area contributed by atoms with Crippen molar-refractivity contribution in [3.63, 3.8) is 0 Å². The van der Waals surface area contributed by atoms with E-state index in [9.17, 15) is 4.79 Å². The lowest BCUT2D eigenvalue weighted by Crippen LogP contribution is -2.46. The zero-order chi connectivity index (χ0) is 17.8. The van der Waals surface area contributed by atoms with Gasteiger partial charge in [-0.15, -0.1) is 5.10 Å². The second-order valence-corrected chi connectivity index (χ2v) is 8.16. The van der Waals surface area contributed by atoms with Gasteiger partial charge in [0.25, 0.3) is 0 Å². The number of para-hydroxylation sites is 1. The van der Waals surface area contributed by atoms with Crippen LogP contribution in [0.5, 0.6) is 0 Å². The summed E-state index contributed by atoms with van der Waals surface area (Å²) in [4.78, 5) is 12.6. The molecule has 0 aliphatic heterocycles. The van der Waals surface area contributed by atoms with Crippen LogP contribution in [0, 0.1) is 11.8 Å². The summed E-state index contributed by atoms with van der Waals surface area (Å²) in [5.74, 6) is 1.23. The van der Waals surface area contributed by atoms with Gasteiger partial charge in [0.05, 0.1) is 10.9 Å². The molecule has 0 bridgehead atoms. The highest BCUT2D eigenvalue weighted by molar-refractivity contribution is 8.00. The van der Waals surface area contributed by atoms with E-state index >= 15 is 0 Å². The number of nitrogens with one attached hydrogen (secondary N) is 1. The van der Waals surface area contributed by atoms with E-state index in [1.54, 1.807) is 4.68 Å². The van der Waals surface area contributed by atoms with E-state index < -0.39 is 0 Å². The molecule has 1 saturated carbocycles. The topological polar surface area (TPSA) is 72.7 Å². The van der Waals surface area contributed by atoms with Crippen LogP contribution in [0.3, 0.4) is 0 Å². The van der Waals surface area contributed by atoms with Crippen LogP contribution in [0.2, 0.25) is 0 Å². The van der Waals surface area contributed by atoms with Gasteiger partial charge < -0.3 is 5.32 Å². The van der Waals surface area contributed by atoms with E-state index in [0.29, 0.717) is 17.0 Å². The Balaban J connectivity index is 1.64. The standard InChI is InChI=1S/C18H25N5OS/c1-12-8-7-11-16(13(12)2)19-17(24)14(3)25-18-20-21-22-23(18)15-9-5-4-6-10-15/h4-6,9-10,12-14,16H,7-8,11H2,1-3H3,(H,19,24)/t12-,13-,14-,16-/m1/s1. The Labute approximate surface area is 152 Å². The van der Waals surface area contributed by atoms with Gasteiger partial charge in [-0.2, -0.15) is 4.68 Å². The number of hydrogen-bond donors (Lipinski definition) is 1. The second-order valence-electron chi connectivity index (χ2n) is 6.85. The summed E-state index contributed by atoms with van der Waals surface area (Å²) in [6, 6.07) is 9.97. The van der Waals surface area contributed by atoms with E-state index in [1.165, 1.54) is 24.6 Å². The highest BCUT2D eigenvalue weighted by Gasteiger charge is 2.30. The Kier molecular flexibility index (Phi) is 5.73. The van der Waals surface area contributed by atoms with Gasteiger partial charge >= 0.3 is 0 Å². The molecule has 1 aromatic heterocycles. The van der Waals surface area contributed by atoms with E-state index in [2.05, 4.69) is 34.7 Å². The minimum Gasteiger partial charge on any atom is -0.352 e. The van der Waals surface area contributed by atoms with Gasteiger partial charge in [-0.1, -0.05) is 56.7 Å². The lowest BCUT2D eigenvalue weighted by molar-refractivity contribution is -0.121. The number of thioether (sulfide) groups is 1. The molecule has 1 heterocycles. The van der Waals surface area contributed by atoms with Crippen molar-refractivity contribution in [2.24, 2.45) is 11.8 Å². The lowest BCUT2D eigenvalue weighted by Gasteiger charge is -2.35. The molecule has 1 aromatic carbocycles. The Morgan fingerprint density at radius 1 is 1.28 bits per heavy atom. The summed E-state index contributed by atoms with van der Waals surface area (Å²) in [6.45, 7) is 6.42. The minimum atomic E-state index is -0.252. The van der Waals surface area contributed by atoms with Gasteiger partial charge in [0.15, 0.2) is 0 Å². The summed E-state index contributed by atoms with van der Waals surface area (Å²) >= 11 is 1.39. The van der Waals surface area contributed by atoms with Crippen LogP contribution in [0.1, 0.15) is 40.0 Å². The third kappa shape index (κ3) is 4.21. The number of tetrazole rings is 1. The smallest absolute Gasteiger partial charge is 0.233 e. The predicted octanol–water partition coefficient (Wildman–Crippen LogP) is 3.08. The molecule has 1 amide bonds. The first-order valence-corrected chi connectivity index (χ1v) is 9.75. The molecule has 4 atom stereocenters. The van der Waals surface area contributed by atoms with Gasteiger partial charge in [-0.05, 0) is 47.7 Å². The molecule has 134 valence electrons. The Morgan fingerprint density at radius 2 is 2.04 bits per heavy atom. The average Bonchev–Trinajstić information content (AvgIpc) is 3.07. The maximum Gasteiger partial charge on any atom is 0.233 e. The molecule has 0 saturated heterocycles. The lowest BCUT2D eigenvalue weighted by atomic mass is 9.78. The fourth-order valence-corrected chi connectivity index (χ4v) is 4.10. The Hall–Kier alpha value is -1.89. The summed E-state index contributed by atoms with van der Waals surface area (Å²) < 4.78 is 1.67. The third-order valence-electron chi connectivity index (χ3n) is 5.13. The summed E-state index contributed by atoms with van der Waals surface area (Å²) in [6.07, 6.45) is 3.50. The molecule has 1 aliphatic rings. The fourth-order valence-electron chi connectivity index (χ4n) is 3.28. The van der Waals surface area contributed by atoms with Crippen molar-refractivity contribution in [1.82, 2.24) is 25.5 Å². The number of rotatable bonds is 5. The number of amides is 1. The molecule has 1 N–H and O–H groups in total. The highest BCUT2D eigenvalue weighted by Crippen LogP contribution is 2.30. The fraction of sp³-hybridized carbons (Fsp3) is 0.556. The molecular formula is C18H25N5OS. The highest BCUT2D eigenvalue weighted by atomic mass is 32.2. The zero-order valence-electron chi connectivity index (χ0n) is 14.9. The van der Waals surface area contributed by atoms with Crippen molar-refractivity contribution in [2.45, 2.75) is 56.5 Å². The Morgan fingerprint density at radius 3 is 2.80 bits per heavy atom. The van der Waals surface area contributed by atoms with Crippen LogP contribution < -0.4 is 5.32 Å². The number of carbonyl (C=O) groups excluding carboxylic acids is 1. The van der Waals surface area contributed by atoms with Crippen LogP contribution in [-0.4, -0.2) is 37.4 Å². The molecule has 2 aromatic rings. The minimum absolute atomic E-state index is 0.0542. The molecule has 0 unspecified atom stereocenters. The zero-order valence-corrected chi connectivity index (χ0v) is 15.7. The average molecular weight is 359 g/mol. The monoisotopic (exact) mass is 359 g/mol. The van der Waals surface area contributed by atoms with Crippen molar-refractivity contribution in [3.8, 4) is 5.69 Å². The van der Waals surface area contributed by atoms with E-state index in [1.807, 2.05) is 37.3 Å². The summed E-state index contributed by atoms with van der Waals surface area (Å²) in [5.41, 5.74) is 0.886. The molecule has 25 heavy (non-hydrogen) atoms. The summed E-state index contributed by atoms with van der Waals surface area (Å²) in [7, 11) is 0. The molecule has 0 radical (unpaired) electrons. The molecule has 3 rings (SSSR count). The first-order chi connectivity index (χ1) is 12.1. The quantitative estimate of drug-likeness (QED) is 0.831. The van der Waals surface area contributed by atoms with E-state index in [4.69, 9.17) is 0 Å². The van der Waals surface area contributed by atoms with E-state index in [-0.39, 0.29) is 17.2 Å². The number of carbonyl (C=O) groups is 1. The number of aromatic nitrogens is 4. The van der Waals surface area contributed by atoms with Gasteiger partial charge in [0.1, 0.15) is 0 Å². The number of benzene rings is 1. The molecule has 6 nitrogen and oxygen atoms in total. The van der Waals surface area contributed by atoms with Crippen LogP contribution in [0.15, 0.2) is 35.5 Å². The van der Waals surface area contributed by atoms with Crippen molar-refractivity contribution in [2.75, 3.05) is 0 Å². The van der Waals surface area contributed by atoms with Crippen LogP contribution in [-0.2, 0) is 4.79 Å². The van der Waals surface area contributed by atoms with E-state index in [0.717, 1.165) is 12.1 Å². The maximum absolute atomic E-state index is 12.6. The first-order valence-electron chi connectivity index (χ1n) is 8.87. The Bertz CT molecular complexity index is 705. The molecule has 7 heteroatoms. The van der Waals surface area contributed by atoms with Gasteiger partial charge in [-0.3, -0.25) is 4.79 Å². The normalized spacial score (nSPS) is 24.7. The van der Waals surface area contributed by atoms with Crippen molar-refractivity contribution >= 4 is 17.7 Å². The van der Waals surface area contributed by atoms with Gasteiger partial charge in [0.2, 0.25) is 11.1 Å². The molecule has 1 fully saturated rings. The summed E-state index contributed by atoms with van der Waals surface area (Å²) in [5, 5.41) is 15.5. The predicted molar refractivity (Wildman–Crippen MR) is 98.6 cm³/mol. The van der Waals surface area contributed by atoms with Crippen LogP contribution >= 0.6 is 11.8 Å². The van der Waals surface area contributed by atoms with Crippen molar-refractivity contribution in [3.05, 3.63) is 30.3 Å². The maximum atomic E-state index is 12.6. The molecule has 0 spiro atoms.